The molecule has 8 heteroatoms. The summed E-state index contributed by atoms with van der Waals surface area (Å²) < 4.78 is 11.5. The number of hydrogen-bond donors (Lipinski definition) is 5. The predicted molar refractivity (Wildman–Crippen MR) is 101 cm³/mol. The van der Waals surface area contributed by atoms with E-state index < -0.39 is 11.9 Å². The Bertz CT molecular complexity index is 1330. The van der Waals surface area contributed by atoms with E-state index in [2.05, 4.69) is 0 Å². The molecular formula is C21H14O8. The average molecular weight is 394 g/mol. The highest BCUT2D eigenvalue weighted by Gasteiger charge is 2.38. The average Bonchev–Trinajstić information content (AvgIpc) is 3.16. The van der Waals surface area contributed by atoms with Crippen molar-refractivity contribution < 1.29 is 39.5 Å². The number of furan rings is 1. The van der Waals surface area contributed by atoms with Crippen LogP contribution in [-0.2, 0) is 6.42 Å². The van der Waals surface area contributed by atoms with Crippen molar-refractivity contribution in [2.24, 2.45) is 0 Å². The number of ether oxygens (including phenoxy) is 1. The Morgan fingerprint density at radius 3 is 2.24 bits per heavy atom. The number of carbonyl (C=O) groups excluding carboxylic acids is 1. The van der Waals surface area contributed by atoms with Gasteiger partial charge in [-0.25, -0.2) is 0 Å². The number of hydrogen-bond acceptors (Lipinski definition) is 8. The van der Waals surface area contributed by atoms with Crippen molar-refractivity contribution in [3.63, 3.8) is 0 Å². The van der Waals surface area contributed by atoms with Crippen LogP contribution in [-0.4, -0.2) is 37.4 Å². The van der Waals surface area contributed by atoms with E-state index in [0.29, 0.717) is 16.3 Å². The van der Waals surface area contributed by atoms with Crippen LogP contribution < -0.4 is 4.74 Å². The quantitative estimate of drug-likeness (QED) is 0.326. The summed E-state index contributed by atoms with van der Waals surface area (Å²) in [6.07, 6.45) is -0.856. The second-order valence-corrected chi connectivity index (χ2v) is 6.91. The number of rotatable bonds is 2. The minimum Gasteiger partial charge on any atom is -0.507 e. The largest absolute Gasteiger partial charge is 0.507 e. The third kappa shape index (κ3) is 2.42. The van der Waals surface area contributed by atoms with Crippen LogP contribution in [0, 0.1) is 0 Å². The molecule has 1 atom stereocenters. The zero-order valence-electron chi connectivity index (χ0n) is 14.7. The summed E-state index contributed by atoms with van der Waals surface area (Å²) in [4.78, 5) is 12.9. The molecule has 0 saturated carbocycles. The monoisotopic (exact) mass is 394 g/mol. The number of fused-ring (bicyclic) bond motifs is 5. The molecule has 2 heterocycles. The van der Waals surface area contributed by atoms with Crippen molar-refractivity contribution in [2.75, 3.05) is 0 Å². The minimum atomic E-state index is -0.957. The lowest BCUT2D eigenvalue weighted by atomic mass is 9.99. The summed E-state index contributed by atoms with van der Waals surface area (Å²) in [5, 5.41) is 49.8. The summed E-state index contributed by atoms with van der Waals surface area (Å²) in [6, 6.07) is 8.02. The first kappa shape index (κ1) is 17.1. The van der Waals surface area contributed by atoms with Crippen LogP contribution in [0.4, 0.5) is 0 Å². The fraction of sp³-hybridized carbons (Fsp3) is 0.0952. The van der Waals surface area contributed by atoms with Gasteiger partial charge >= 0.3 is 0 Å². The lowest BCUT2D eigenvalue weighted by Crippen LogP contribution is -2.23. The Hall–Kier alpha value is -4.07. The summed E-state index contributed by atoms with van der Waals surface area (Å²) in [5.41, 5.74) is 1.05. The third-order valence-corrected chi connectivity index (χ3v) is 5.05. The summed E-state index contributed by atoms with van der Waals surface area (Å²) in [6.45, 7) is 0. The van der Waals surface area contributed by atoms with Crippen molar-refractivity contribution in [1.29, 1.82) is 0 Å². The van der Waals surface area contributed by atoms with Gasteiger partial charge in [0, 0.05) is 23.9 Å². The standard InChI is InChI=1S/C21H14O8/c22-10-2-1-8(3-11(10)23)4-17-20(27)19-14(26)7-16-18(21(19)29-17)9-5-12(24)13(25)6-15(9)28-16/h1-3,5-7,17,22-26H,4H2. The van der Waals surface area contributed by atoms with Gasteiger partial charge in [0.2, 0.25) is 5.78 Å². The number of phenols is 5. The molecule has 1 aliphatic heterocycles. The van der Waals surface area contributed by atoms with E-state index in [-0.39, 0.29) is 57.6 Å². The number of carbonyl (C=O) groups is 1. The van der Waals surface area contributed by atoms with Gasteiger partial charge in [0.15, 0.2) is 29.1 Å². The Morgan fingerprint density at radius 2 is 1.48 bits per heavy atom. The molecule has 29 heavy (non-hydrogen) atoms. The molecule has 0 fully saturated rings. The third-order valence-electron chi connectivity index (χ3n) is 5.05. The highest BCUT2D eigenvalue weighted by Crippen LogP contribution is 2.48. The molecule has 1 aliphatic rings. The topological polar surface area (TPSA) is 141 Å². The van der Waals surface area contributed by atoms with E-state index in [1.807, 2.05) is 0 Å². The molecule has 0 amide bonds. The van der Waals surface area contributed by atoms with Crippen LogP contribution in [0.2, 0.25) is 0 Å². The van der Waals surface area contributed by atoms with Crippen molar-refractivity contribution in [3.05, 3.63) is 47.5 Å². The zero-order chi connectivity index (χ0) is 20.4. The van der Waals surface area contributed by atoms with Gasteiger partial charge in [-0.15, -0.1) is 0 Å². The first-order chi connectivity index (χ1) is 13.8. The summed E-state index contributed by atoms with van der Waals surface area (Å²) >= 11 is 0. The number of ketones is 1. The van der Waals surface area contributed by atoms with Gasteiger partial charge in [-0.1, -0.05) is 6.07 Å². The molecule has 5 N–H and O–H groups in total. The fourth-order valence-corrected chi connectivity index (χ4v) is 3.67. The summed E-state index contributed by atoms with van der Waals surface area (Å²) in [5.74, 6) is -1.93. The van der Waals surface area contributed by atoms with Gasteiger partial charge in [-0.2, -0.15) is 0 Å². The van der Waals surface area contributed by atoms with Crippen LogP contribution in [0.1, 0.15) is 15.9 Å². The predicted octanol–water partition coefficient (Wildman–Crippen LogP) is 3.30. The number of Topliss-reactive ketones (excluding diaryl/α,β-unsaturated/α-hetero) is 1. The van der Waals surface area contributed by atoms with Crippen LogP contribution in [0.15, 0.2) is 40.8 Å². The molecule has 0 radical (unpaired) electrons. The SMILES string of the molecule is O=C1c2c(O)cc3oc4cc(O)c(O)cc4c3c2OC1Cc1ccc(O)c(O)c1. The second kappa shape index (κ2) is 5.71. The Kier molecular flexibility index (Phi) is 3.36. The molecule has 4 aromatic rings. The molecule has 5 rings (SSSR count). The van der Waals surface area contributed by atoms with Crippen molar-refractivity contribution >= 4 is 27.7 Å². The highest BCUT2D eigenvalue weighted by molar-refractivity contribution is 6.18. The zero-order valence-corrected chi connectivity index (χ0v) is 14.7. The Balaban J connectivity index is 1.64. The molecule has 8 nitrogen and oxygen atoms in total. The normalized spacial score (nSPS) is 15.7. The van der Waals surface area contributed by atoms with Gasteiger partial charge < -0.3 is 34.7 Å². The Labute approximate surface area is 162 Å². The fourth-order valence-electron chi connectivity index (χ4n) is 3.67. The van der Waals surface area contributed by atoms with E-state index in [0.717, 1.165) is 0 Å². The lowest BCUT2D eigenvalue weighted by Gasteiger charge is -2.10. The smallest absolute Gasteiger partial charge is 0.211 e. The molecule has 1 unspecified atom stereocenters. The highest BCUT2D eigenvalue weighted by atomic mass is 16.5. The molecule has 0 aliphatic carbocycles. The lowest BCUT2D eigenvalue weighted by molar-refractivity contribution is 0.0857. The number of benzene rings is 3. The van der Waals surface area contributed by atoms with Gasteiger partial charge in [-0.05, 0) is 23.8 Å². The molecular weight excluding hydrogens is 380 g/mol. The van der Waals surface area contributed by atoms with Crippen LogP contribution in [0.3, 0.4) is 0 Å². The van der Waals surface area contributed by atoms with E-state index in [9.17, 15) is 30.3 Å². The van der Waals surface area contributed by atoms with Crippen LogP contribution in [0.5, 0.6) is 34.5 Å². The van der Waals surface area contributed by atoms with Gasteiger partial charge in [-0.3, -0.25) is 4.79 Å². The molecule has 0 saturated heterocycles. The molecule has 0 spiro atoms. The second-order valence-electron chi connectivity index (χ2n) is 6.91. The van der Waals surface area contributed by atoms with Crippen molar-refractivity contribution in [3.8, 4) is 34.5 Å². The van der Waals surface area contributed by atoms with Gasteiger partial charge in [0.05, 0.1) is 5.39 Å². The van der Waals surface area contributed by atoms with Crippen LogP contribution in [0.25, 0.3) is 21.9 Å². The maximum Gasteiger partial charge on any atom is 0.211 e. The maximum atomic E-state index is 12.9. The molecule has 1 aromatic heterocycles. The maximum absolute atomic E-state index is 12.9. The molecule has 0 bridgehead atoms. The molecule has 3 aromatic carbocycles. The Morgan fingerprint density at radius 1 is 0.793 bits per heavy atom. The van der Waals surface area contributed by atoms with Crippen molar-refractivity contribution in [2.45, 2.75) is 12.5 Å². The van der Waals surface area contributed by atoms with E-state index in [1.165, 1.54) is 30.3 Å². The van der Waals surface area contributed by atoms with E-state index in [4.69, 9.17) is 9.15 Å². The van der Waals surface area contributed by atoms with Gasteiger partial charge in [0.25, 0.3) is 0 Å². The van der Waals surface area contributed by atoms with E-state index >= 15 is 0 Å². The minimum absolute atomic E-state index is 0.000708. The first-order valence-corrected chi connectivity index (χ1v) is 8.69. The summed E-state index contributed by atoms with van der Waals surface area (Å²) in [7, 11) is 0. The first-order valence-electron chi connectivity index (χ1n) is 8.69. The van der Waals surface area contributed by atoms with Crippen molar-refractivity contribution in [1.82, 2.24) is 0 Å². The number of aromatic hydroxyl groups is 5. The molecule has 146 valence electrons. The van der Waals surface area contributed by atoms with Crippen LogP contribution >= 0.6 is 0 Å². The van der Waals surface area contributed by atoms with E-state index in [1.54, 1.807) is 6.07 Å². The van der Waals surface area contributed by atoms with Gasteiger partial charge in [0.1, 0.15) is 28.2 Å². The number of phenolic OH excluding ortho intramolecular Hbond substituents is 5.